The number of hydrogen-bond donors (Lipinski definition) is 2. The zero-order valence-corrected chi connectivity index (χ0v) is 15.5. The highest BCUT2D eigenvalue weighted by Gasteiger charge is 2.37. The Morgan fingerprint density at radius 2 is 2.15 bits per heavy atom. The van der Waals surface area contributed by atoms with Crippen LogP contribution in [0, 0.1) is 0 Å². The molecule has 2 aromatic rings. The van der Waals surface area contributed by atoms with Crippen LogP contribution in [0.25, 0.3) is 0 Å². The first-order chi connectivity index (χ1) is 12.6. The highest BCUT2D eigenvalue weighted by Crippen LogP contribution is 2.41. The summed E-state index contributed by atoms with van der Waals surface area (Å²) in [5.41, 5.74) is 6.89. The van der Waals surface area contributed by atoms with Crippen LogP contribution in [-0.2, 0) is 10.2 Å². The minimum absolute atomic E-state index is 0.231. The van der Waals surface area contributed by atoms with Crippen molar-refractivity contribution < 1.29 is 9.47 Å². The summed E-state index contributed by atoms with van der Waals surface area (Å²) in [6.07, 6.45) is 3.35. The molecule has 0 aliphatic carbocycles. The van der Waals surface area contributed by atoms with Gasteiger partial charge < -0.3 is 20.5 Å². The minimum atomic E-state index is -0.231. The summed E-state index contributed by atoms with van der Waals surface area (Å²) in [4.78, 5) is 8.78. The molecular weight excluding hydrogens is 352 g/mol. The van der Waals surface area contributed by atoms with Crippen LogP contribution in [0.15, 0.2) is 47.6 Å². The van der Waals surface area contributed by atoms with Crippen LogP contribution in [-0.4, -0.2) is 37.8 Å². The Morgan fingerprint density at radius 3 is 2.85 bits per heavy atom. The first kappa shape index (κ1) is 18.5. The lowest BCUT2D eigenvalue weighted by molar-refractivity contribution is 0.0523. The number of hydrogen-bond acceptors (Lipinski definition) is 4. The van der Waals surface area contributed by atoms with Crippen molar-refractivity contribution in [2.75, 3.05) is 32.2 Å². The third-order valence-electron chi connectivity index (χ3n) is 4.66. The van der Waals surface area contributed by atoms with Gasteiger partial charge in [0.2, 0.25) is 0 Å². The molecule has 0 saturated carbocycles. The number of methoxy groups -OCH3 is 1. The SMILES string of the molecule is COc1ccc(Cl)cc1C1(CN=C(N)Nc2ccccn2)CCOCC1. The molecule has 0 radical (unpaired) electrons. The second kappa shape index (κ2) is 8.38. The number of anilines is 1. The number of aliphatic imine (C=N–C) groups is 1. The van der Waals surface area contributed by atoms with Crippen molar-refractivity contribution in [2.45, 2.75) is 18.3 Å². The van der Waals surface area contributed by atoms with E-state index in [9.17, 15) is 0 Å². The lowest BCUT2D eigenvalue weighted by Gasteiger charge is -2.37. The maximum absolute atomic E-state index is 6.26. The van der Waals surface area contributed by atoms with E-state index < -0.39 is 0 Å². The fraction of sp³-hybridized carbons (Fsp3) is 0.368. The van der Waals surface area contributed by atoms with E-state index in [0.717, 1.165) is 24.2 Å². The maximum atomic E-state index is 6.26. The minimum Gasteiger partial charge on any atom is -0.496 e. The number of pyridine rings is 1. The number of benzene rings is 1. The molecule has 6 nitrogen and oxygen atoms in total. The molecule has 1 aromatic heterocycles. The number of guanidine groups is 1. The molecule has 3 N–H and O–H groups in total. The van der Waals surface area contributed by atoms with Gasteiger partial charge in [0.05, 0.1) is 13.7 Å². The number of rotatable bonds is 5. The van der Waals surface area contributed by atoms with E-state index in [2.05, 4.69) is 15.3 Å². The number of aromatic nitrogens is 1. The second-order valence-corrected chi connectivity index (χ2v) is 6.72. The van der Waals surface area contributed by atoms with Crippen molar-refractivity contribution in [1.82, 2.24) is 4.98 Å². The monoisotopic (exact) mass is 374 g/mol. The van der Waals surface area contributed by atoms with Crippen molar-refractivity contribution in [1.29, 1.82) is 0 Å². The summed E-state index contributed by atoms with van der Waals surface area (Å²) in [7, 11) is 1.67. The Balaban J connectivity index is 1.86. The Labute approximate surface area is 158 Å². The van der Waals surface area contributed by atoms with Gasteiger partial charge in [-0.05, 0) is 43.2 Å². The van der Waals surface area contributed by atoms with E-state index in [1.807, 2.05) is 36.4 Å². The van der Waals surface area contributed by atoms with Gasteiger partial charge in [0.15, 0.2) is 5.96 Å². The predicted molar refractivity (Wildman–Crippen MR) is 104 cm³/mol. The third-order valence-corrected chi connectivity index (χ3v) is 4.89. The maximum Gasteiger partial charge on any atom is 0.194 e. The van der Waals surface area contributed by atoms with Gasteiger partial charge in [0, 0.05) is 35.4 Å². The Bertz CT molecular complexity index is 761. The molecule has 0 bridgehead atoms. The molecule has 7 heteroatoms. The van der Waals surface area contributed by atoms with Gasteiger partial charge in [-0.3, -0.25) is 4.99 Å². The van der Waals surface area contributed by atoms with Crippen molar-refractivity contribution >= 4 is 23.4 Å². The normalized spacial score (nSPS) is 16.9. The van der Waals surface area contributed by atoms with Gasteiger partial charge in [-0.15, -0.1) is 0 Å². The highest BCUT2D eigenvalue weighted by atomic mass is 35.5. The van der Waals surface area contributed by atoms with Crippen molar-refractivity contribution in [2.24, 2.45) is 10.7 Å². The highest BCUT2D eigenvalue weighted by molar-refractivity contribution is 6.30. The first-order valence-corrected chi connectivity index (χ1v) is 8.90. The van der Waals surface area contributed by atoms with Crippen LogP contribution in [0.5, 0.6) is 5.75 Å². The smallest absolute Gasteiger partial charge is 0.194 e. The quantitative estimate of drug-likeness (QED) is 0.620. The van der Waals surface area contributed by atoms with Gasteiger partial charge in [-0.25, -0.2) is 4.98 Å². The number of nitrogens with one attached hydrogen (secondary N) is 1. The molecule has 0 spiro atoms. The van der Waals surface area contributed by atoms with Crippen LogP contribution >= 0.6 is 11.6 Å². The summed E-state index contributed by atoms with van der Waals surface area (Å²) >= 11 is 6.26. The van der Waals surface area contributed by atoms with Gasteiger partial charge in [-0.1, -0.05) is 17.7 Å². The van der Waals surface area contributed by atoms with E-state index in [-0.39, 0.29) is 5.41 Å². The fourth-order valence-electron chi connectivity index (χ4n) is 3.21. The molecule has 1 saturated heterocycles. The fourth-order valence-corrected chi connectivity index (χ4v) is 3.39. The molecule has 1 aliphatic heterocycles. The lowest BCUT2D eigenvalue weighted by atomic mass is 9.73. The van der Waals surface area contributed by atoms with Crippen LogP contribution in [0.3, 0.4) is 0 Å². The van der Waals surface area contributed by atoms with Crippen LogP contribution in [0.1, 0.15) is 18.4 Å². The van der Waals surface area contributed by atoms with E-state index in [1.165, 1.54) is 0 Å². The summed E-state index contributed by atoms with van der Waals surface area (Å²) in [6.45, 7) is 1.84. The second-order valence-electron chi connectivity index (χ2n) is 6.28. The van der Waals surface area contributed by atoms with Crippen LogP contribution in [0.2, 0.25) is 5.02 Å². The average Bonchev–Trinajstić information content (AvgIpc) is 2.68. The molecule has 1 aromatic carbocycles. The Hall–Kier alpha value is -2.31. The lowest BCUT2D eigenvalue weighted by Crippen LogP contribution is -2.38. The Morgan fingerprint density at radius 1 is 1.35 bits per heavy atom. The van der Waals surface area contributed by atoms with Gasteiger partial charge >= 0.3 is 0 Å². The molecule has 0 unspecified atom stereocenters. The molecule has 1 aliphatic rings. The zero-order valence-electron chi connectivity index (χ0n) is 14.7. The molecular formula is C19H23ClN4O2. The molecule has 138 valence electrons. The molecule has 3 rings (SSSR count). The van der Waals surface area contributed by atoms with Crippen LogP contribution in [0.4, 0.5) is 5.82 Å². The van der Waals surface area contributed by atoms with E-state index in [4.69, 9.17) is 26.8 Å². The first-order valence-electron chi connectivity index (χ1n) is 8.53. The van der Waals surface area contributed by atoms with E-state index in [0.29, 0.717) is 36.6 Å². The largest absolute Gasteiger partial charge is 0.496 e. The van der Waals surface area contributed by atoms with E-state index >= 15 is 0 Å². The summed E-state index contributed by atoms with van der Waals surface area (Å²) in [5.74, 6) is 1.80. The van der Waals surface area contributed by atoms with Gasteiger partial charge in [-0.2, -0.15) is 0 Å². The molecule has 0 amide bonds. The molecule has 2 heterocycles. The zero-order chi connectivity index (χ0) is 18.4. The van der Waals surface area contributed by atoms with Gasteiger partial charge in [0.1, 0.15) is 11.6 Å². The Kier molecular flexibility index (Phi) is 5.96. The summed E-state index contributed by atoms with van der Waals surface area (Å²) < 4.78 is 11.1. The topological polar surface area (TPSA) is 81.8 Å². The standard InChI is InChI=1S/C19H23ClN4O2/c1-25-16-6-5-14(20)12-15(16)19(7-10-26-11-8-19)13-23-18(21)24-17-4-2-3-9-22-17/h2-6,9,12H,7-8,10-11,13H2,1H3,(H3,21,22,23,24). The molecule has 1 fully saturated rings. The molecule has 0 atom stereocenters. The van der Waals surface area contributed by atoms with Gasteiger partial charge in [0.25, 0.3) is 0 Å². The summed E-state index contributed by atoms with van der Waals surface area (Å²) in [5, 5.41) is 3.69. The van der Waals surface area contributed by atoms with Crippen molar-refractivity contribution in [3.8, 4) is 5.75 Å². The summed E-state index contributed by atoms with van der Waals surface area (Å²) in [6, 6.07) is 11.3. The predicted octanol–water partition coefficient (Wildman–Crippen LogP) is 3.22. The third kappa shape index (κ3) is 4.26. The molecule has 26 heavy (non-hydrogen) atoms. The van der Waals surface area contributed by atoms with Crippen molar-refractivity contribution in [3.63, 3.8) is 0 Å². The number of nitrogens with zero attached hydrogens (tertiary/aromatic N) is 2. The van der Waals surface area contributed by atoms with Crippen molar-refractivity contribution in [3.05, 3.63) is 53.2 Å². The number of ether oxygens (including phenoxy) is 2. The number of halogens is 1. The number of nitrogens with two attached hydrogens (primary N) is 1. The van der Waals surface area contributed by atoms with Crippen LogP contribution < -0.4 is 15.8 Å². The average molecular weight is 375 g/mol. The van der Waals surface area contributed by atoms with E-state index in [1.54, 1.807) is 13.3 Å².